The van der Waals surface area contributed by atoms with Crippen LogP contribution in [0.15, 0.2) is 65.7 Å². The van der Waals surface area contributed by atoms with E-state index in [1.807, 2.05) is 30.3 Å². The van der Waals surface area contributed by atoms with Gasteiger partial charge in [-0.1, -0.05) is 54.1 Å². The molecule has 19 heavy (non-hydrogen) atoms. The minimum absolute atomic E-state index is 0.275. The minimum atomic E-state index is 0.275. The molecule has 0 aromatic heterocycles. The summed E-state index contributed by atoms with van der Waals surface area (Å²) in [7, 11) is 0. The Morgan fingerprint density at radius 3 is 2.42 bits per heavy atom. The molecule has 0 atom stereocenters. The monoisotopic (exact) mass is 268 g/mol. The molecule has 0 saturated heterocycles. The van der Waals surface area contributed by atoms with Gasteiger partial charge in [0.2, 0.25) is 0 Å². The van der Waals surface area contributed by atoms with Gasteiger partial charge in [-0.25, -0.2) is 0 Å². The van der Waals surface area contributed by atoms with Crippen LogP contribution in [-0.4, -0.2) is 5.11 Å². The van der Waals surface area contributed by atoms with Gasteiger partial charge in [-0.3, -0.25) is 0 Å². The smallest absolute Gasteiger partial charge is 0.116 e. The van der Waals surface area contributed by atoms with Crippen molar-refractivity contribution < 1.29 is 5.11 Å². The first-order valence-electron chi connectivity index (χ1n) is 6.20. The topological polar surface area (TPSA) is 20.2 Å². The molecule has 1 aliphatic rings. The van der Waals surface area contributed by atoms with Gasteiger partial charge in [0.25, 0.3) is 0 Å². The molecule has 0 heterocycles. The average Bonchev–Trinajstić information content (AvgIpc) is 2.85. The molecular formula is C17H13ClO. The summed E-state index contributed by atoms with van der Waals surface area (Å²) in [6, 6.07) is 15.4. The van der Waals surface area contributed by atoms with Crippen LogP contribution in [0.4, 0.5) is 0 Å². The molecule has 1 nitrogen and oxygen atoms in total. The van der Waals surface area contributed by atoms with Crippen molar-refractivity contribution in [1.29, 1.82) is 0 Å². The minimum Gasteiger partial charge on any atom is -0.508 e. The lowest BCUT2D eigenvalue weighted by Crippen LogP contribution is -1.88. The highest BCUT2D eigenvalue weighted by Gasteiger charge is 2.14. The number of halogens is 1. The van der Waals surface area contributed by atoms with E-state index in [9.17, 15) is 5.11 Å². The molecule has 0 unspecified atom stereocenters. The molecule has 3 rings (SSSR count). The van der Waals surface area contributed by atoms with Gasteiger partial charge in [0.15, 0.2) is 0 Å². The molecule has 0 aliphatic heterocycles. The van der Waals surface area contributed by atoms with Gasteiger partial charge in [0, 0.05) is 5.03 Å². The number of rotatable bonds is 2. The molecule has 94 valence electrons. The summed E-state index contributed by atoms with van der Waals surface area (Å²) in [4.78, 5) is 0. The molecule has 0 saturated carbocycles. The number of allylic oxidation sites excluding steroid dienone is 4. The predicted molar refractivity (Wildman–Crippen MR) is 80.1 cm³/mol. The Morgan fingerprint density at radius 2 is 1.74 bits per heavy atom. The fraction of sp³-hybridized carbons (Fsp3) is 0.0588. The number of benzene rings is 2. The standard InChI is InChI=1S/C17H13ClO/c18-17-10-4-9-16(17)15-8-2-1-7-14(15)12-5-3-6-13(19)11-12/h1-8,10-11,19H,9H2. The van der Waals surface area contributed by atoms with E-state index in [0.29, 0.717) is 0 Å². The summed E-state index contributed by atoms with van der Waals surface area (Å²) in [5.74, 6) is 0.275. The summed E-state index contributed by atoms with van der Waals surface area (Å²) in [5, 5.41) is 10.4. The summed E-state index contributed by atoms with van der Waals surface area (Å²) >= 11 is 6.25. The van der Waals surface area contributed by atoms with E-state index in [-0.39, 0.29) is 5.75 Å². The Bertz CT molecular complexity index is 683. The summed E-state index contributed by atoms with van der Waals surface area (Å²) in [6.07, 6.45) is 4.86. The first kappa shape index (κ1) is 12.1. The van der Waals surface area contributed by atoms with E-state index in [1.54, 1.807) is 12.1 Å². The van der Waals surface area contributed by atoms with Gasteiger partial charge in [0.05, 0.1) is 0 Å². The molecule has 0 fully saturated rings. The molecule has 1 N–H and O–H groups in total. The maximum atomic E-state index is 9.63. The van der Waals surface area contributed by atoms with Crippen molar-refractivity contribution in [2.45, 2.75) is 6.42 Å². The van der Waals surface area contributed by atoms with Crippen LogP contribution in [0, 0.1) is 0 Å². The second kappa shape index (κ2) is 4.94. The zero-order chi connectivity index (χ0) is 13.2. The van der Waals surface area contributed by atoms with Crippen LogP contribution in [0.2, 0.25) is 0 Å². The summed E-state index contributed by atoms with van der Waals surface area (Å²) < 4.78 is 0. The van der Waals surface area contributed by atoms with E-state index < -0.39 is 0 Å². The lowest BCUT2D eigenvalue weighted by Gasteiger charge is -2.11. The van der Waals surface area contributed by atoms with E-state index in [0.717, 1.165) is 33.7 Å². The molecule has 1 aliphatic carbocycles. The van der Waals surface area contributed by atoms with Crippen LogP contribution in [0.3, 0.4) is 0 Å². The van der Waals surface area contributed by atoms with Crippen LogP contribution in [0.1, 0.15) is 12.0 Å². The van der Waals surface area contributed by atoms with Crippen LogP contribution in [0.5, 0.6) is 5.75 Å². The van der Waals surface area contributed by atoms with Crippen molar-refractivity contribution in [3.63, 3.8) is 0 Å². The third kappa shape index (κ3) is 2.29. The largest absolute Gasteiger partial charge is 0.508 e. The number of hydrogen-bond acceptors (Lipinski definition) is 1. The molecule has 2 heteroatoms. The Labute approximate surface area is 117 Å². The Balaban J connectivity index is 2.16. The maximum absolute atomic E-state index is 9.63. The number of hydrogen-bond donors (Lipinski definition) is 1. The van der Waals surface area contributed by atoms with Crippen LogP contribution < -0.4 is 0 Å². The van der Waals surface area contributed by atoms with Crippen molar-refractivity contribution >= 4 is 17.2 Å². The van der Waals surface area contributed by atoms with Crippen LogP contribution in [0.25, 0.3) is 16.7 Å². The van der Waals surface area contributed by atoms with Crippen molar-refractivity contribution in [2.24, 2.45) is 0 Å². The highest BCUT2D eigenvalue weighted by atomic mass is 35.5. The first-order valence-corrected chi connectivity index (χ1v) is 6.57. The van der Waals surface area contributed by atoms with Crippen LogP contribution in [-0.2, 0) is 0 Å². The number of phenols is 1. The first-order chi connectivity index (χ1) is 9.25. The van der Waals surface area contributed by atoms with Crippen molar-refractivity contribution in [1.82, 2.24) is 0 Å². The molecule has 0 amide bonds. The molecular weight excluding hydrogens is 256 g/mol. The Morgan fingerprint density at radius 1 is 0.947 bits per heavy atom. The van der Waals surface area contributed by atoms with E-state index >= 15 is 0 Å². The van der Waals surface area contributed by atoms with Gasteiger partial charge in [-0.15, -0.1) is 0 Å². The highest BCUT2D eigenvalue weighted by Crippen LogP contribution is 2.37. The lowest BCUT2D eigenvalue weighted by molar-refractivity contribution is 0.475. The normalized spacial score (nSPS) is 14.2. The van der Waals surface area contributed by atoms with Crippen molar-refractivity contribution in [3.05, 3.63) is 71.3 Å². The number of aromatic hydroxyl groups is 1. The Hall–Kier alpha value is -1.99. The second-order valence-corrected chi connectivity index (χ2v) is 4.94. The third-order valence-electron chi connectivity index (χ3n) is 3.28. The van der Waals surface area contributed by atoms with Crippen molar-refractivity contribution in [2.75, 3.05) is 0 Å². The molecule has 0 spiro atoms. The van der Waals surface area contributed by atoms with Gasteiger partial charge in [-0.05, 0) is 46.9 Å². The fourth-order valence-electron chi connectivity index (χ4n) is 2.39. The summed E-state index contributed by atoms with van der Waals surface area (Å²) in [5.41, 5.74) is 4.36. The predicted octanol–water partition coefficient (Wildman–Crippen LogP) is 4.97. The lowest BCUT2D eigenvalue weighted by atomic mass is 9.94. The Kier molecular flexibility index (Phi) is 3.14. The van der Waals surface area contributed by atoms with E-state index in [4.69, 9.17) is 11.6 Å². The maximum Gasteiger partial charge on any atom is 0.116 e. The van der Waals surface area contributed by atoms with E-state index in [2.05, 4.69) is 18.2 Å². The zero-order valence-corrected chi connectivity index (χ0v) is 11.1. The molecule has 2 aromatic carbocycles. The molecule has 0 bridgehead atoms. The van der Waals surface area contributed by atoms with E-state index in [1.165, 1.54) is 0 Å². The van der Waals surface area contributed by atoms with Crippen LogP contribution >= 0.6 is 11.6 Å². The van der Waals surface area contributed by atoms with Gasteiger partial charge in [0.1, 0.15) is 5.75 Å². The van der Waals surface area contributed by atoms with Gasteiger partial charge in [-0.2, -0.15) is 0 Å². The highest BCUT2D eigenvalue weighted by molar-refractivity contribution is 6.35. The molecule has 0 radical (unpaired) electrons. The second-order valence-electron chi connectivity index (χ2n) is 4.53. The van der Waals surface area contributed by atoms with Gasteiger partial charge < -0.3 is 5.11 Å². The fourth-order valence-corrected chi connectivity index (χ4v) is 2.66. The zero-order valence-electron chi connectivity index (χ0n) is 10.3. The number of phenolic OH excluding ortho intramolecular Hbond substituents is 1. The average molecular weight is 269 g/mol. The summed E-state index contributed by atoms with van der Waals surface area (Å²) in [6.45, 7) is 0. The molecule has 2 aromatic rings. The quantitative estimate of drug-likeness (QED) is 0.815. The van der Waals surface area contributed by atoms with Crippen molar-refractivity contribution in [3.8, 4) is 16.9 Å². The van der Waals surface area contributed by atoms with Gasteiger partial charge >= 0.3 is 0 Å². The third-order valence-corrected chi connectivity index (χ3v) is 3.64. The SMILES string of the molecule is Oc1cccc(-c2ccccc2C2=C(Cl)C=CC2)c1.